The number of guanidine groups is 1. The number of nitrogens with one attached hydrogen (secondary N) is 2. The van der Waals surface area contributed by atoms with Crippen molar-refractivity contribution in [3.63, 3.8) is 0 Å². The summed E-state index contributed by atoms with van der Waals surface area (Å²) in [7, 11) is 3.81. The fourth-order valence-corrected chi connectivity index (χ4v) is 4.12. The molecule has 0 unspecified atom stereocenters. The van der Waals surface area contributed by atoms with E-state index in [4.69, 9.17) is 11.6 Å². The Morgan fingerprint density at radius 3 is 2.50 bits per heavy atom. The van der Waals surface area contributed by atoms with E-state index < -0.39 is 0 Å². The van der Waals surface area contributed by atoms with Crippen LogP contribution in [0.4, 0.5) is 0 Å². The second-order valence-electron chi connectivity index (χ2n) is 7.89. The maximum Gasteiger partial charge on any atom is 0.191 e. The summed E-state index contributed by atoms with van der Waals surface area (Å²) >= 11 is 6.31. The standard InChI is InChI=1S/C22H33ClN6.HI/c1-16-20(17(2)28(4)27-16)14-26-22(24-3)25-13-18-9-11-29(12-10-18)15-19-7-5-6-8-21(19)23;/h5-8,18H,9-15H2,1-4H3,(H2,24,25,26);1H. The lowest BCUT2D eigenvalue weighted by molar-refractivity contribution is 0.178. The number of aryl methyl sites for hydroxylation is 2. The number of likely N-dealkylation sites (tertiary alicyclic amines) is 1. The van der Waals surface area contributed by atoms with Gasteiger partial charge in [0.25, 0.3) is 0 Å². The minimum atomic E-state index is 0. The Kier molecular flexibility index (Phi) is 9.90. The smallest absolute Gasteiger partial charge is 0.191 e. The molecule has 0 amide bonds. The molecular formula is C22H34ClIN6. The Morgan fingerprint density at radius 2 is 1.90 bits per heavy atom. The highest BCUT2D eigenvalue weighted by atomic mass is 127. The van der Waals surface area contributed by atoms with Crippen molar-refractivity contribution in [2.45, 2.75) is 39.8 Å². The normalized spacial score (nSPS) is 15.7. The summed E-state index contributed by atoms with van der Waals surface area (Å²) in [5, 5.41) is 12.3. The van der Waals surface area contributed by atoms with Crippen LogP contribution in [0.15, 0.2) is 29.3 Å². The van der Waals surface area contributed by atoms with Crippen LogP contribution in [0.1, 0.15) is 35.4 Å². The summed E-state index contributed by atoms with van der Waals surface area (Å²) < 4.78 is 1.93. The Balaban J connectivity index is 0.00000320. The highest BCUT2D eigenvalue weighted by Gasteiger charge is 2.20. The number of rotatable bonds is 6. The lowest BCUT2D eigenvalue weighted by Crippen LogP contribution is -2.42. The van der Waals surface area contributed by atoms with Gasteiger partial charge in [-0.1, -0.05) is 29.8 Å². The number of piperidine rings is 1. The van der Waals surface area contributed by atoms with Crippen LogP contribution in [-0.4, -0.2) is 47.3 Å². The average molecular weight is 545 g/mol. The number of hydrogen-bond acceptors (Lipinski definition) is 3. The predicted octanol–water partition coefficient (Wildman–Crippen LogP) is 3.89. The van der Waals surface area contributed by atoms with Crippen molar-refractivity contribution >= 4 is 41.5 Å². The molecule has 2 N–H and O–H groups in total. The van der Waals surface area contributed by atoms with E-state index in [1.54, 1.807) is 0 Å². The van der Waals surface area contributed by atoms with Crippen LogP contribution >= 0.6 is 35.6 Å². The zero-order valence-corrected chi connectivity index (χ0v) is 21.5. The van der Waals surface area contributed by atoms with Gasteiger partial charge in [0.15, 0.2) is 5.96 Å². The van der Waals surface area contributed by atoms with Gasteiger partial charge in [0.05, 0.1) is 5.69 Å². The Labute approximate surface area is 202 Å². The maximum absolute atomic E-state index is 6.31. The first-order valence-electron chi connectivity index (χ1n) is 10.4. The van der Waals surface area contributed by atoms with Crippen LogP contribution in [0.2, 0.25) is 5.02 Å². The topological polar surface area (TPSA) is 57.5 Å². The summed E-state index contributed by atoms with van der Waals surface area (Å²) in [6.45, 7) is 8.99. The predicted molar refractivity (Wildman–Crippen MR) is 136 cm³/mol. The summed E-state index contributed by atoms with van der Waals surface area (Å²) in [5.74, 6) is 1.52. The molecule has 8 heteroatoms. The molecule has 2 heterocycles. The summed E-state index contributed by atoms with van der Waals surface area (Å²) in [4.78, 5) is 6.88. The van der Waals surface area contributed by atoms with Crippen molar-refractivity contribution < 1.29 is 0 Å². The monoisotopic (exact) mass is 544 g/mol. The Bertz CT molecular complexity index is 842. The van der Waals surface area contributed by atoms with Crippen molar-refractivity contribution in [3.05, 3.63) is 51.8 Å². The zero-order valence-electron chi connectivity index (χ0n) is 18.4. The molecule has 0 spiro atoms. The second-order valence-corrected chi connectivity index (χ2v) is 8.30. The number of benzene rings is 1. The molecule has 1 aromatic heterocycles. The molecule has 6 nitrogen and oxygen atoms in total. The van der Waals surface area contributed by atoms with Gasteiger partial charge in [-0.05, 0) is 57.3 Å². The van der Waals surface area contributed by atoms with Crippen molar-refractivity contribution in [1.82, 2.24) is 25.3 Å². The van der Waals surface area contributed by atoms with Crippen LogP contribution in [0.25, 0.3) is 0 Å². The molecule has 0 saturated carbocycles. The molecule has 30 heavy (non-hydrogen) atoms. The van der Waals surface area contributed by atoms with Gasteiger partial charge >= 0.3 is 0 Å². The number of aliphatic imine (C=N–C) groups is 1. The third-order valence-corrected chi connectivity index (χ3v) is 6.30. The van der Waals surface area contributed by atoms with E-state index in [0.29, 0.717) is 5.92 Å². The largest absolute Gasteiger partial charge is 0.356 e. The van der Waals surface area contributed by atoms with Crippen molar-refractivity contribution in [1.29, 1.82) is 0 Å². The molecular weight excluding hydrogens is 511 g/mol. The lowest BCUT2D eigenvalue weighted by Gasteiger charge is -2.32. The molecule has 0 atom stereocenters. The Hall–Kier alpha value is -1.32. The highest BCUT2D eigenvalue weighted by molar-refractivity contribution is 14.0. The van der Waals surface area contributed by atoms with E-state index in [2.05, 4.69) is 51.6 Å². The van der Waals surface area contributed by atoms with Crippen LogP contribution in [0.3, 0.4) is 0 Å². The minimum Gasteiger partial charge on any atom is -0.356 e. The zero-order chi connectivity index (χ0) is 20.8. The SMILES string of the molecule is CN=C(NCc1c(C)nn(C)c1C)NCC1CCN(Cc2ccccc2Cl)CC1.I. The molecule has 1 saturated heterocycles. The molecule has 166 valence electrons. The molecule has 3 rings (SSSR count). The van der Waals surface area contributed by atoms with Crippen molar-refractivity contribution in [3.8, 4) is 0 Å². The lowest BCUT2D eigenvalue weighted by atomic mass is 9.96. The minimum absolute atomic E-state index is 0. The van der Waals surface area contributed by atoms with E-state index in [0.717, 1.165) is 49.4 Å². The number of nitrogens with zero attached hydrogens (tertiary/aromatic N) is 4. The second kappa shape index (κ2) is 11.9. The molecule has 1 aromatic carbocycles. The van der Waals surface area contributed by atoms with Crippen LogP contribution in [-0.2, 0) is 20.1 Å². The molecule has 0 bridgehead atoms. The first kappa shape index (κ1) is 24.9. The average Bonchev–Trinajstić information content (AvgIpc) is 2.96. The summed E-state index contributed by atoms with van der Waals surface area (Å²) in [5.41, 5.74) is 4.72. The van der Waals surface area contributed by atoms with E-state index in [1.807, 2.05) is 30.9 Å². The number of hydrogen-bond donors (Lipinski definition) is 2. The van der Waals surface area contributed by atoms with E-state index in [9.17, 15) is 0 Å². The third-order valence-electron chi connectivity index (χ3n) is 5.93. The third kappa shape index (κ3) is 6.59. The van der Waals surface area contributed by atoms with Gasteiger partial charge in [-0.2, -0.15) is 5.10 Å². The quantitative estimate of drug-likeness (QED) is 0.329. The van der Waals surface area contributed by atoms with Gasteiger partial charge in [0.2, 0.25) is 0 Å². The van der Waals surface area contributed by atoms with Gasteiger partial charge in [-0.15, -0.1) is 24.0 Å². The van der Waals surface area contributed by atoms with Crippen molar-refractivity contribution in [2.24, 2.45) is 18.0 Å². The molecule has 0 aliphatic carbocycles. The molecule has 1 aliphatic rings. The highest BCUT2D eigenvalue weighted by Crippen LogP contribution is 2.22. The summed E-state index contributed by atoms with van der Waals surface area (Å²) in [6.07, 6.45) is 2.38. The van der Waals surface area contributed by atoms with E-state index in [-0.39, 0.29) is 24.0 Å². The molecule has 1 fully saturated rings. The van der Waals surface area contributed by atoms with Gasteiger partial charge in [0.1, 0.15) is 0 Å². The van der Waals surface area contributed by atoms with Gasteiger partial charge in [0, 0.05) is 50.0 Å². The van der Waals surface area contributed by atoms with Gasteiger partial charge < -0.3 is 10.6 Å². The van der Waals surface area contributed by atoms with Gasteiger partial charge in [-0.3, -0.25) is 14.6 Å². The van der Waals surface area contributed by atoms with E-state index in [1.165, 1.54) is 29.7 Å². The summed E-state index contributed by atoms with van der Waals surface area (Å²) in [6, 6.07) is 8.14. The van der Waals surface area contributed by atoms with Crippen LogP contribution < -0.4 is 10.6 Å². The first-order valence-corrected chi connectivity index (χ1v) is 10.7. The Morgan fingerprint density at radius 1 is 1.20 bits per heavy atom. The fourth-order valence-electron chi connectivity index (χ4n) is 3.92. The fraction of sp³-hybridized carbons (Fsp3) is 0.545. The van der Waals surface area contributed by atoms with Crippen LogP contribution in [0, 0.1) is 19.8 Å². The van der Waals surface area contributed by atoms with E-state index >= 15 is 0 Å². The maximum atomic E-state index is 6.31. The number of halogens is 2. The molecule has 2 aromatic rings. The van der Waals surface area contributed by atoms with Gasteiger partial charge in [-0.25, -0.2) is 0 Å². The van der Waals surface area contributed by atoms with Crippen molar-refractivity contribution in [2.75, 3.05) is 26.7 Å². The van der Waals surface area contributed by atoms with Crippen LogP contribution in [0.5, 0.6) is 0 Å². The first-order chi connectivity index (χ1) is 14.0. The molecule has 1 aliphatic heterocycles. The molecule has 0 radical (unpaired) electrons. The number of aromatic nitrogens is 2.